The second-order valence-electron chi connectivity index (χ2n) is 15.9. The number of fused-ring (bicyclic) bond motifs is 6. The third-order valence-corrected chi connectivity index (χ3v) is 11.6. The Kier molecular flexibility index (Phi) is 12.1. The SMILES string of the molecule is CCCCCCCCC1(CCCCCCCC)c2cc(C)ccc2-c2ccc(C)cc21.Cc1ccc2c(c1)C(C)(C)c1cc(C)ccc1-2. The molecule has 0 atom stereocenters. The number of hydrogen-bond donors (Lipinski definition) is 0. The van der Waals surface area contributed by atoms with Crippen molar-refractivity contribution in [3.63, 3.8) is 0 Å². The quantitative estimate of drug-likeness (QED) is 0.120. The van der Waals surface area contributed by atoms with E-state index in [0.717, 1.165) is 0 Å². The van der Waals surface area contributed by atoms with Crippen LogP contribution in [0.25, 0.3) is 22.3 Å². The summed E-state index contributed by atoms with van der Waals surface area (Å²) in [6.45, 7) is 18.2. The summed E-state index contributed by atoms with van der Waals surface area (Å²) in [6, 6.07) is 28.1. The molecular formula is C48H64. The fourth-order valence-electron chi connectivity index (χ4n) is 8.77. The van der Waals surface area contributed by atoms with Gasteiger partial charge in [0.15, 0.2) is 0 Å². The molecule has 0 bridgehead atoms. The molecule has 0 saturated heterocycles. The highest BCUT2D eigenvalue weighted by atomic mass is 14.4. The van der Waals surface area contributed by atoms with Crippen molar-refractivity contribution in [2.45, 2.75) is 156 Å². The first kappa shape index (κ1) is 36.2. The smallest absolute Gasteiger partial charge is 0.0215 e. The van der Waals surface area contributed by atoms with E-state index < -0.39 is 0 Å². The van der Waals surface area contributed by atoms with Crippen LogP contribution in [0.1, 0.15) is 162 Å². The van der Waals surface area contributed by atoms with E-state index >= 15 is 0 Å². The van der Waals surface area contributed by atoms with Crippen molar-refractivity contribution in [1.29, 1.82) is 0 Å². The molecule has 0 fully saturated rings. The lowest BCUT2D eigenvalue weighted by Gasteiger charge is -2.33. The Morgan fingerprint density at radius 1 is 0.375 bits per heavy atom. The summed E-state index contributed by atoms with van der Waals surface area (Å²) in [4.78, 5) is 0. The van der Waals surface area contributed by atoms with Gasteiger partial charge in [-0.1, -0.05) is 200 Å². The standard InChI is InChI=1S/C31H46.C17H18/c1-5-7-9-11-13-15-21-31(22-16-14-12-10-8-6-2)29-23-25(3)17-19-27(29)28-20-18-26(4)24-30(28)31;1-11-5-7-13-14-8-6-12(2)10-16(14)17(3,4)15(13)9-11/h17-20,23-24H,5-16,21-22H2,1-4H3;5-10H,1-4H3. The molecule has 0 radical (unpaired) electrons. The molecule has 256 valence electrons. The van der Waals surface area contributed by atoms with Gasteiger partial charge in [0.05, 0.1) is 0 Å². The highest BCUT2D eigenvalue weighted by molar-refractivity contribution is 5.82. The van der Waals surface area contributed by atoms with E-state index in [0.29, 0.717) is 0 Å². The Labute approximate surface area is 294 Å². The Balaban J connectivity index is 0.000000221. The lowest BCUT2D eigenvalue weighted by Crippen LogP contribution is -2.25. The van der Waals surface area contributed by atoms with E-state index in [1.807, 2.05) is 0 Å². The molecule has 0 amide bonds. The first-order valence-corrected chi connectivity index (χ1v) is 19.6. The second-order valence-corrected chi connectivity index (χ2v) is 15.9. The van der Waals surface area contributed by atoms with Gasteiger partial charge in [0, 0.05) is 10.8 Å². The molecule has 0 nitrogen and oxygen atoms in total. The Morgan fingerprint density at radius 2 is 0.667 bits per heavy atom. The van der Waals surface area contributed by atoms with Gasteiger partial charge in [-0.05, 0) is 85.0 Å². The molecule has 4 aromatic rings. The maximum absolute atomic E-state index is 2.53. The predicted octanol–water partition coefficient (Wildman–Crippen LogP) is 14.7. The van der Waals surface area contributed by atoms with Gasteiger partial charge in [-0.2, -0.15) is 0 Å². The number of benzene rings is 4. The molecule has 0 heteroatoms. The van der Waals surface area contributed by atoms with Gasteiger partial charge >= 0.3 is 0 Å². The molecule has 2 aliphatic carbocycles. The number of rotatable bonds is 14. The lowest BCUT2D eigenvalue weighted by atomic mass is 9.70. The van der Waals surface area contributed by atoms with Crippen LogP contribution in [0.15, 0.2) is 72.8 Å². The third kappa shape index (κ3) is 7.69. The molecule has 6 rings (SSSR count). The van der Waals surface area contributed by atoms with Crippen LogP contribution in [0, 0.1) is 27.7 Å². The van der Waals surface area contributed by atoms with Crippen LogP contribution in [0.5, 0.6) is 0 Å². The summed E-state index contributed by atoms with van der Waals surface area (Å²) in [5, 5.41) is 0. The Hall–Kier alpha value is -3.12. The minimum atomic E-state index is 0.142. The van der Waals surface area contributed by atoms with Crippen LogP contribution in [0.4, 0.5) is 0 Å². The van der Waals surface area contributed by atoms with Crippen LogP contribution in [-0.4, -0.2) is 0 Å². The van der Waals surface area contributed by atoms with Crippen LogP contribution >= 0.6 is 0 Å². The van der Waals surface area contributed by atoms with Gasteiger partial charge < -0.3 is 0 Å². The Morgan fingerprint density at radius 3 is 1.02 bits per heavy atom. The number of unbranched alkanes of at least 4 members (excludes halogenated alkanes) is 10. The van der Waals surface area contributed by atoms with E-state index in [9.17, 15) is 0 Å². The van der Waals surface area contributed by atoms with Crippen molar-refractivity contribution in [2.75, 3.05) is 0 Å². The fourth-order valence-corrected chi connectivity index (χ4v) is 8.77. The van der Waals surface area contributed by atoms with Crippen molar-refractivity contribution < 1.29 is 0 Å². The van der Waals surface area contributed by atoms with Gasteiger partial charge in [0.25, 0.3) is 0 Å². The normalized spacial score (nSPS) is 14.5. The summed E-state index contributed by atoms with van der Waals surface area (Å²) in [7, 11) is 0. The molecule has 0 aromatic heterocycles. The van der Waals surface area contributed by atoms with Crippen molar-refractivity contribution >= 4 is 0 Å². The van der Waals surface area contributed by atoms with Crippen LogP contribution in [0.2, 0.25) is 0 Å². The topological polar surface area (TPSA) is 0 Å². The molecule has 0 unspecified atom stereocenters. The summed E-state index contributed by atoms with van der Waals surface area (Å²) in [6.07, 6.45) is 19.2. The number of aryl methyl sites for hydroxylation is 4. The second kappa shape index (κ2) is 16.1. The molecule has 48 heavy (non-hydrogen) atoms. The minimum Gasteiger partial charge on any atom is -0.0654 e. The maximum atomic E-state index is 2.53. The average Bonchev–Trinajstić information content (AvgIpc) is 3.44. The van der Waals surface area contributed by atoms with Crippen LogP contribution < -0.4 is 0 Å². The Bertz CT molecular complexity index is 1540. The van der Waals surface area contributed by atoms with Crippen molar-refractivity contribution in [3.05, 3.63) is 117 Å². The van der Waals surface area contributed by atoms with Gasteiger partial charge in [0.2, 0.25) is 0 Å². The molecule has 0 aliphatic heterocycles. The van der Waals surface area contributed by atoms with E-state index in [1.165, 1.54) is 146 Å². The highest BCUT2D eigenvalue weighted by Gasteiger charge is 2.42. The average molecular weight is 641 g/mol. The summed E-state index contributed by atoms with van der Waals surface area (Å²) in [5.41, 5.74) is 18.0. The van der Waals surface area contributed by atoms with Gasteiger partial charge in [0.1, 0.15) is 0 Å². The molecule has 2 aliphatic rings. The zero-order valence-electron chi connectivity index (χ0n) is 31.8. The lowest BCUT2D eigenvalue weighted by molar-refractivity contribution is 0.397. The molecule has 0 saturated carbocycles. The van der Waals surface area contributed by atoms with Crippen LogP contribution in [0.3, 0.4) is 0 Å². The molecule has 4 aromatic carbocycles. The summed E-state index contributed by atoms with van der Waals surface area (Å²) < 4.78 is 0. The first-order chi connectivity index (χ1) is 23.1. The summed E-state index contributed by atoms with van der Waals surface area (Å²) in [5.74, 6) is 0. The monoisotopic (exact) mass is 641 g/mol. The highest BCUT2D eigenvalue weighted by Crippen LogP contribution is 2.55. The fraction of sp³-hybridized carbons (Fsp3) is 0.500. The van der Waals surface area contributed by atoms with E-state index in [4.69, 9.17) is 0 Å². The summed E-state index contributed by atoms with van der Waals surface area (Å²) >= 11 is 0. The molecular weight excluding hydrogens is 577 g/mol. The number of hydrogen-bond acceptors (Lipinski definition) is 0. The van der Waals surface area contributed by atoms with Crippen molar-refractivity contribution in [3.8, 4) is 22.3 Å². The molecule has 0 spiro atoms. The zero-order valence-corrected chi connectivity index (χ0v) is 31.8. The minimum absolute atomic E-state index is 0.142. The molecule has 0 N–H and O–H groups in total. The van der Waals surface area contributed by atoms with E-state index in [2.05, 4.69) is 128 Å². The molecule has 0 heterocycles. The van der Waals surface area contributed by atoms with Gasteiger partial charge in [-0.15, -0.1) is 0 Å². The van der Waals surface area contributed by atoms with Gasteiger partial charge in [-0.3, -0.25) is 0 Å². The van der Waals surface area contributed by atoms with Crippen molar-refractivity contribution in [2.24, 2.45) is 0 Å². The van der Waals surface area contributed by atoms with Crippen molar-refractivity contribution in [1.82, 2.24) is 0 Å². The van der Waals surface area contributed by atoms with Crippen LogP contribution in [-0.2, 0) is 10.8 Å². The third-order valence-electron chi connectivity index (χ3n) is 11.6. The first-order valence-electron chi connectivity index (χ1n) is 19.6. The largest absolute Gasteiger partial charge is 0.0654 e. The van der Waals surface area contributed by atoms with E-state index in [1.54, 1.807) is 11.1 Å². The zero-order chi connectivity index (χ0) is 34.3. The van der Waals surface area contributed by atoms with Gasteiger partial charge in [-0.25, -0.2) is 0 Å². The maximum Gasteiger partial charge on any atom is 0.0215 e. The van der Waals surface area contributed by atoms with E-state index in [-0.39, 0.29) is 10.8 Å². The predicted molar refractivity (Wildman–Crippen MR) is 212 cm³/mol.